The van der Waals surface area contributed by atoms with Crippen LogP contribution in [-0.4, -0.2) is 38.3 Å². The predicted molar refractivity (Wildman–Crippen MR) is 95.3 cm³/mol. The average molecular weight is 342 g/mol. The smallest absolute Gasteiger partial charge is 0.244 e. The average Bonchev–Trinajstić information content (AvgIpc) is 2.64. The molecule has 2 aromatic carbocycles. The van der Waals surface area contributed by atoms with Gasteiger partial charge >= 0.3 is 0 Å². The van der Waals surface area contributed by atoms with Crippen molar-refractivity contribution >= 4 is 11.6 Å². The number of carbonyl (C=O) groups is 1. The number of amides is 1. The summed E-state index contributed by atoms with van der Waals surface area (Å²) in [6.07, 6.45) is -0.149. The third-order valence-corrected chi connectivity index (χ3v) is 4.00. The highest BCUT2D eigenvalue weighted by molar-refractivity contribution is 5.95. The van der Waals surface area contributed by atoms with Crippen LogP contribution in [0.15, 0.2) is 48.5 Å². The minimum Gasteiger partial charge on any atom is -0.497 e. The van der Waals surface area contributed by atoms with Gasteiger partial charge in [0.1, 0.15) is 23.3 Å². The van der Waals surface area contributed by atoms with Crippen LogP contribution in [0.25, 0.3) is 0 Å². The number of anilines is 1. The molecule has 0 spiro atoms. The molecule has 0 saturated carbocycles. The molecule has 0 aromatic heterocycles. The number of hydrogen-bond donors (Lipinski definition) is 2. The van der Waals surface area contributed by atoms with E-state index in [0.717, 1.165) is 5.75 Å². The van der Waals surface area contributed by atoms with Gasteiger partial charge in [0.15, 0.2) is 0 Å². The number of methoxy groups -OCH3 is 1. The zero-order chi connectivity index (χ0) is 17.6. The molecule has 1 aliphatic rings. The van der Waals surface area contributed by atoms with Crippen LogP contribution in [-0.2, 0) is 9.53 Å². The van der Waals surface area contributed by atoms with E-state index in [4.69, 9.17) is 14.2 Å². The molecule has 0 unspecified atom stereocenters. The summed E-state index contributed by atoms with van der Waals surface area (Å²) in [5, 5.41) is 6.06. The summed E-state index contributed by atoms with van der Waals surface area (Å²) >= 11 is 0. The standard InChI is InChI=1S/C19H22N2O4/c1-13-18(20-10-11-24-13)19(22)21-14-6-8-15(9-7-14)25-17-5-3-4-16(12-17)23-2/h3-9,12-13,18,20H,10-11H2,1-2H3,(H,21,22)/t13-,18+/m1/s1. The van der Waals surface area contributed by atoms with Crippen LogP contribution in [0.5, 0.6) is 17.2 Å². The number of morpholine rings is 1. The summed E-state index contributed by atoms with van der Waals surface area (Å²) in [6, 6.07) is 14.3. The topological polar surface area (TPSA) is 68.8 Å². The van der Waals surface area contributed by atoms with Crippen molar-refractivity contribution in [3.8, 4) is 17.2 Å². The summed E-state index contributed by atoms with van der Waals surface area (Å²) in [4.78, 5) is 12.3. The molecule has 2 N–H and O–H groups in total. The largest absolute Gasteiger partial charge is 0.497 e. The summed E-state index contributed by atoms with van der Waals surface area (Å²) in [7, 11) is 1.61. The maximum atomic E-state index is 12.3. The Labute approximate surface area is 147 Å². The molecule has 2 atom stereocenters. The van der Waals surface area contributed by atoms with E-state index in [2.05, 4.69) is 10.6 Å². The normalized spacial score (nSPS) is 19.9. The number of ether oxygens (including phenoxy) is 3. The SMILES string of the molecule is COc1cccc(Oc2ccc(NC(=O)[C@H]3NCCO[C@@H]3C)cc2)c1. The van der Waals surface area contributed by atoms with Gasteiger partial charge in [-0.05, 0) is 43.3 Å². The zero-order valence-electron chi connectivity index (χ0n) is 14.3. The number of rotatable bonds is 5. The Morgan fingerprint density at radius 1 is 1.16 bits per heavy atom. The van der Waals surface area contributed by atoms with E-state index >= 15 is 0 Å². The lowest BCUT2D eigenvalue weighted by molar-refractivity contribution is -0.123. The van der Waals surface area contributed by atoms with Gasteiger partial charge in [-0.2, -0.15) is 0 Å². The monoisotopic (exact) mass is 342 g/mol. The van der Waals surface area contributed by atoms with Gasteiger partial charge in [0, 0.05) is 18.3 Å². The van der Waals surface area contributed by atoms with Crippen LogP contribution < -0.4 is 20.1 Å². The summed E-state index contributed by atoms with van der Waals surface area (Å²) in [6.45, 7) is 3.19. The van der Waals surface area contributed by atoms with E-state index < -0.39 is 0 Å². The summed E-state index contributed by atoms with van der Waals surface area (Å²) < 4.78 is 16.5. The molecule has 0 bridgehead atoms. The van der Waals surface area contributed by atoms with Crippen LogP contribution in [0, 0.1) is 0 Å². The fourth-order valence-electron chi connectivity index (χ4n) is 2.65. The van der Waals surface area contributed by atoms with Crippen LogP contribution in [0.3, 0.4) is 0 Å². The Morgan fingerprint density at radius 2 is 1.92 bits per heavy atom. The fourth-order valence-corrected chi connectivity index (χ4v) is 2.65. The van der Waals surface area contributed by atoms with Crippen LogP contribution in [0.1, 0.15) is 6.92 Å². The molecule has 1 saturated heterocycles. The first-order valence-corrected chi connectivity index (χ1v) is 8.23. The first-order valence-electron chi connectivity index (χ1n) is 8.23. The minimum absolute atomic E-state index is 0.103. The molecule has 1 fully saturated rings. The van der Waals surface area contributed by atoms with Crippen LogP contribution in [0.2, 0.25) is 0 Å². The van der Waals surface area contributed by atoms with E-state index in [9.17, 15) is 4.79 Å². The van der Waals surface area contributed by atoms with Gasteiger partial charge in [-0.25, -0.2) is 0 Å². The third kappa shape index (κ3) is 4.49. The highest BCUT2D eigenvalue weighted by Crippen LogP contribution is 2.26. The predicted octanol–water partition coefficient (Wildman–Crippen LogP) is 2.80. The highest BCUT2D eigenvalue weighted by Gasteiger charge is 2.28. The molecule has 0 radical (unpaired) electrons. The van der Waals surface area contributed by atoms with E-state index in [1.54, 1.807) is 7.11 Å². The molecule has 3 rings (SSSR count). The summed E-state index contributed by atoms with van der Waals surface area (Å²) in [5.74, 6) is 2.00. The van der Waals surface area contributed by atoms with Crippen molar-refractivity contribution in [3.05, 3.63) is 48.5 Å². The molecule has 25 heavy (non-hydrogen) atoms. The fraction of sp³-hybridized carbons (Fsp3) is 0.316. The Balaban J connectivity index is 1.60. The van der Waals surface area contributed by atoms with Gasteiger partial charge in [0.05, 0.1) is 19.8 Å². The van der Waals surface area contributed by atoms with Crippen molar-refractivity contribution < 1.29 is 19.0 Å². The van der Waals surface area contributed by atoms with Gasteiger partial charge in [0.2, 0.25) is 5.91 Å². The number of nitrogens with one attached hydrogen (secondary N) is 2. The Kier molecular flexibility index (Phi) is 5.53. The van der Waals surface area contributed by atoms with Gasteiger partial charge in [-0.3, -0.25) is 4.79 Å². The molecule has 1 amide bonds. The zero-order valence-corrected chi connectivity index (χ0v) is 14.3. The Morgan fingerprint density at radius 3 is 2.64 bits per heavy atom. The number of benzene rings is 2. The Hall–Kier alpha value is -2.57. The minimum atomic E-state index is -0.346. The molecule has 1 aliphatic heterocycles. The van der Waals surface area contributed by atoms with Crippen molar-refractivity contribution in [1.29, 1.82) is 0 Å². The third-order valence-electron chi connectivity index (χ3n) is 4.00. The second-order valence-corrected chi connectivity index (χ2v) is 5.80. The van der Waals surface area contributed by atoms with Crippen molar-refractivity contribution in [3.63, 3.8) is 0 Å². The van der Waals surface area contributed by atoms with Crippen molar-refractivity contribution in [1.82, 2.24) is 5.32 Å². The maximum Gasteiger partial charge on any atom is 0.244 e. The lowest BCUT2D eigenvalue weighted by Gasteiger charge is -2.29. The summed E-state index contributed by atoms with van der Waals surface area (Å²) in [5.41, 5.74) is 0.711. The van der Waals surface area contributed by atoms with E-state index in [0.29, 0.717) is 30.3 Å². The van der Waals surface area contributed by atoms with Gasteiger partial charge in [-0.15, -0.1) is 0 Å². The van der Waals surface area contributed by atoms with E-state index in [1.807, 2.05) is 55.5 Å². The van der Waals surface area contributed by atoms with Crippen LogP contribution >= 0.6 is 0 Å². The van der Waals surface area contributed by atoms with Gasteiger partial charge < -0.3 is 24.8 Å². The lowest BCUT2D eigenvalue weighted by atomic mass is 10.1. The molecular formula is C19H22N2O4. The van der Waals surface area contributed by atoms with Gasteiger partial charge in [-0.1, -0.05) is 6.07 Å². The quantitative estimate of drug-likeness (QED) is 0.874. The lowest BCUT2D eigenvalue weighted by Crippen LogP contribution is -2.53. The Bertz CT molecular complexity index is 718. The van der Waals surface area contributed by atoms with Gasteiger partial charge in [0.25, 0.3) is 0 Å². The van der Waals surface area contributed by atoms with Crippen molar-refractivity contribution in [2.45, 2.75) is 19.1 Å². The molecule has 2 aromatic rings. The highest BCUT2D eigenvalue weighted by atomic mass is 16.5. The molecule has 132 valence electrons. The second-order valence-electron chi connectivity index (χ2n) is 5.80. The molecule has 0 aliphatic carbocycles. The second kappa shape index (κ2) is 8.00. The maximum absolute atomic E-state index is 12.3. The first-order chi connectivity index (χ1) is 12.2. The van der Waals surface area contributed by atoms with Crippen molar-refractivity contribution in [2.75, 3.05) is 25.6 Å². The van der Waals surface area contributed by atoms with E-state index in [1.165, 1.54) is 0 Å². The van der Waals surface area contributed by atoms with E-state index in [-0.39, 0.29) is 18.1 Å². The molecule has 6 nitrogen and oxygen atoms in total. The first kappa shape index (κ1) is 17.3. The number of carbonyl (C=O) groups excluding carboxylic acids is 1. The molecule has 1 heterocycles. The van der Waals surface area contributed by atoms with Crippen LogP contribution in [0.4, 0.5) is 5.69 Å². The van der Waals surface area contributed by atoms with Crippen molar-refractivity contribution in [2.24, 2.45) is 0 Å². The molecular weight excluding hydrogens is 320 g/mol. The molecule has 6 heteroatoms. The number of hydrogen-bond acceptors (Lipinski definition) is 5.